The number of amides is 2. The molecule has 2 amide bonds. The number of hydrogen-bond acceptors (Lipinski definition) is 31. The Morgan fingerprint density at radius 3 is 1.04 bits per heavy atom. The van der Waals surface area contributed by atoms with E-state index in [1.54, 1.807) is 13.8 Å². The van der Waals surface area contributed by atoms with Crippen LogP contribution in [-0.2, 0) is 95.4 Å². The van der Waals surface area contributed by atoms with Crippen molar-refractivity contribution in [3.05, 3.63) is 55.6 Å². The maximum absolute atomic E-state index is 12.9. The summed E-state index contributed by atoms with van der Waals surface area (Å²) in [5, 5.41) is 29.6. The van der Waals surface area contributed by atoms with E-state index in [0.29, 0.717) is 180 Å². The molecule has 35 heteroatoms. The van der Waals surface area contributed by atoms with E-state index >= 15 is 0 Å². The first-order chi connectivity index (χ1) is 57.8. The van der Waals surface area contributed by atoms with Gasteiger partial charge in [0.05, 0.1) is 164 Å². The Morgan fingerprint density at radius 2 is 0.717 bits per heavy atom. The third-order valence-corrected chi connectivity index (χ3v) is 22.3. The molecule has 2 aliphatic rings. The summed E-state index contributed by atoms with van der Waals surface area (Å²) < 4.78 is 67.0. The number of ketones is 10. The Hall–Kier alpha value is -7.58. The number of thioether (sulfide) groups is 2. The SMILES string of the molecule is COc1cc(C(C)CC(=O)CCOCCOCCOCCOCCCC(=O)CCCC2C(=O)CC(SC)C2=O)c([N+](=O)[O-])cc1OCCCC(=O)NCCCC(=O)CCN(C)CCC(=O)CCCNC(=O)CCCOc1cc([N+](=O)[O-])c(C(C)CC(=O)CCOCCOCCOCCOCCCC(=O)CCCC2C(=O)CC(SC)C2=O)cc1OC. The number of benzene rings is 2. The fourth-order valence-electron chi connectivity index (χ4n) is 13.4. The second-order valence-electron chi connectivity index (χ2n) is 29.8. The van der Waals surface area contributed by atoms with Crippen molar-refractivity contribution in [2.45, 2.75) is 203 Å². The Kier molecular flexibility index (Phi) is 54.6. The molecule has 6 unspecified atom stereocenters. The third-order valence-electron chi connectivity index (χ3n) is 20.3. The van der Waals surface area contributed by atoms with E-state index in [-0.39, 0.29) is 258 Å². The minimum atomic E-state index is -0.561. The van der Waals surface area contributed by atoms with E-state index in [0.717, 1.165) is 0 Å². The number of methoxy groups -OCH3 is 2. The Labute approximate surface area is 713 Å². The molecule has 2 aliphatic carbocycles. The molecule has 0 spiro atoms. The Morgan fingerprint density at radius 1 is 0.408 bits per heavy atom. The van der Waals surface area contributed by atoms with Crippen LogP contribution in [-0.4, -0.2) is 274 Å². The molecule has 0 radical (unpaired) electrons. The molecule has 2 N–H and O–H groups in total. The van der Waals surface area contributed by atoms with Gasteiger partial charge >= 0.3 is 0 Å². The predicted molar refractivity (Wildman–Crippen MR) is 449 cm³/mol. The topological polar surface area (TPSA) is 429 Å². The molecule has 120 heavy (non-hydrogen) atoms. The highest BCUT2D eigenvalue weighted by Crippen LogP contribution is 2.41. The van der Waals surface area contributed by atoms with Gasteiger partial charge in [0.2, 0.25) is 11.8 Å². The number of carbonyl (C=O) groups excluding carboxylic acids is 12. The van der Waals surface area contributed by atoms with Crippen LogP contribution in [0.15, 0.2) is 24.3 Å². The molecule has 6 atom stereocenters. The molecule has 2 aromatic carbocycles. The minimum absolute atomic E-state index is 0.00681. The number of hydrogen-bond donors (Lipinski definition) is 2. The lowest BCUT2D eigenvalue weighted by atomic mass is 9.93. The summed E-state index contributed by atoms with van der Waals surface area (Å²) in [4.78, 5) is 175. The van der Waals surface area contributed by atoms with Crippen LogP contribution in [0.3, 0.4) is 0 Å². The predicted octanol–water partition coefficient (Wildman–Crippen LogP) is 10.0. The molecule has 0 aliphatic heterocycles. The van der Waals surface area contributed by atoms with Crippen LogP contribution in [0.4, 0.5) is 11.4 Å². The molecule has 2 fully saturated rings. The van der Waals surface area contributed by atoms with Gasteiger partial charge in [0.1, 0.15) is 46.3 Å². The van der Waals surface area contributed by atoms with E-state index in [1.165, 1.54) is 62.0 Å². The van der Waals surface area contributed by atoms with Crippen molar-refractivity contribution in [2.24, 2.45) is 11.8 Å². The average molecular weight is 1730 g/mol. The minimum Gasteiger partial charge on any atom is -0.493 e. The normalized spacial score (nSPS) is 15.7. The summed E-state index contributed by atoms with van der Waals surface area (Å²) in [5.74, 6) is -2.15. The van der Waals surface area contributed by atoms with Crippen molar-refractivity contribution in [2.75, 3.05) is 179 Å². The summed E-state index contributed by atoms with van der Waals surface area (Å²) in [5.41, 5.74) is 0.114. The van der Waals surface area contributed by atoms with Crippen LogP contribution in [0, 0.1) is 32.1 Å². The fourth-order valence-corrected chi connectivity index (χ4v) is 14.9. The van der Waals surface area contributed by atoms with Crippen molar-refractivity contribution in [1.29, 1.82) is 0 Å². The maximum atomic E-state index is 12.9. The molecule has 33 nitrogen and oxygen atoms in total. The zero-order valence-corrected chi connectivity index (χ0v) is 72.9. The molecule has 674 valence electrons. The lowest BCUT2D eigenvalue weighted by molar-refractivity contribution is -0.385. The lowest BCUT2D eigenvalue weighted by Gasteiger charge is -2.16. The Balaban J connectivity index is 0.941. The molecule has 2 saturated carbocycles. The van der Waals surface area contributed by atoms with E-state index in [9.17, 15) is 77.8 Å². The van der Waals surface area contributed by atoms with Crippen LogP contribution in [0.5, 0.6) is 23.0 Å². The third kappa shape index (κ3) is 43.5. The van der Waals surface area contributed by atoms with Gasteiger partial charge in [-0.15, -0.1) is 0 Å². The van der Waals surface area contributed by atoms with E-state index in [2.05, 4.69) is 10.6 Å². The van der Waals surface area contributed by atoms with Gasteiger partial charge in [-0.3, -0.25) is 77.8 Å². The number of carbonyl (C=O) groups is 12. The van der Waals surface area contributed by atoms with Gasteiger partial charge in [-0.05, 0) is 108 Å². The number of rotatable bonds is 76. The van der Waals surface area contributed by atoms with Crippen LogP contribution < -0.4 is 29.6 Å². The van der Waals surface area contributed by atoms with Crippen LogP contribution in [0.2, 0.25) is 0 Å². The van der Waals surface area contributed by atoms with Crippen LogP contribution >= 0.6 is 23.5 Å². The highest BCUT2D eigenvalue weighted by atomic mass is 32.2. The molecule has 0 saturated heterocycles. The molecule has 0 heterocycles. The number of nitro benzene ring substituents is 2. The molecule has 2 aromatic rings. The molecule has 4 rings (SSSR count). The van der Waals surface area contributed by atoms with Gasteiger partial charge < -0.3 is 72.4 Å². The van der Waals surface area contributed by atoms with Crippen molar-refractivity contribution in [3.8, 4) is 23.0 Å². The van der Waals surface area contributed by atoms with Crippen LogP contribution in [0.1, 0.15) is 204 Å². The molecule has 0 aromatic heterocycles. The Bertz CT molecular complexity index is 3320. The first kappa shape index (κ1) is 105. The van der Waals surface area contributed by atoms with Crippen molar-refractivity contribution < 1.29 is 124 Å². The summed E-state index contributed by atoms with van der Waals surface area (Å²) in [7, 11) is 4.61. The number of nitrogens with zero attached hydrogens (tertiary/aromatic N) is 3. The zero-order valence-electron chi connectivity index (χ0n) is 71.3. The summed E-state index contributed by atoms with van der Waals surface area (Å²) in [6.07, 6.45) is 11.7. The van der Waals surface area contributed by atoms with Gasteiger partial charge in [0.25, 0.3) is 11.4 Å². The molecular weight excluding hydrogens is 1600 g/mol. The lowest BCUT2D eigenvalue weighted by Crippen LogP contribution is -2.27. The van der Waals surface area contributed by atoms with Gasteiger partial charge in [-0.2, -0.15) is 23.5 Å². The quantitative estimate of drug-likeness (QED) is 0.0269. The van der Waals surface area contributed by atoms with Gasteiger partial charge in [-0.25, -0.2) is 0 Å². The summed E-state index contributed by atoms with van der Waals surface area (Å²) >= 11 is 2.81. The number of nitrogens with one attached hydrogen (secondary N) is 2. The average Bonchev–Trinajstić information content (AvgIpc) is 1.23. The number of ether oxygens (including phenoxy) is 12. The standard InChI is InChI=1S/C85H129N5O28S2/c1-60(52-66(95)28-38-111-42-46-115-50-48-113-44-40-109-34-12-20-62(91)16-8-22-68-74(97)58-80(119-6)84(68)101)70-54-76(107-4)78(56-72(70)89(103)104)117-36-14-24-82(99)86-30-10-18-64(93)26-32-88(3)33-27-65(94)19-11-31-87-83(100)25-15-37-118-79-57-73(90(105)106)71(55-77(79)108-5)61(2)53-67(96)29-39-112-43-47-116-51-49-114-45-41-110-35-13-21-63(92)17-9-23-69-75(98)59-81(120-7)85(69)102/h54-57,60-61,68-69,80-81H,8-53,58-59H2,1-7H3,(H,86,99)(H,87,100). The van der Waals surface area contributed by atoms with E-state index < -0.39 is 33.5 Å². The second kappa shape index (κ2) is 62.5. The monoisotopic (exact) mass is 1730 g/mol. The fraction of sp³-hybridized carbons (Fsp3) is 0.718. The highest BCUT2D eigenvalue weighted by Gasteiger charge is 2.41. The van der Waals surface area contributed by atoms with Gasteiger partial charge in [0, 0.05) is 153 Å². The van der Waals surface area contributed by atoms with Gasteiger partial charge in [0.15, 0.2) is 34.6 Å². The van der Waals surface area contributed by atoms with Gasteiger partial charge in [-0.1, -0.05) is 13.8 Å². The van der Waals surface area contributed by atoms with E-state index in [1.807, 2.05) is 24.5 Å². The first-order valence-electron chi connectivity index (χ1n) is 41.9. The first-order valence-corrected chi connectivity index (χ1v) is 44.5. The van der Waals surface area contributed by atoms with Crippen LogP contribution in [0.25, 0.3) is 0 Å². The van der Waals surface area contributed by atoms with Crippen molar-refractivity contribution in [1.82, 2.24) is 15.5 Å². The maximum Gasteiger partial charge on any atom is 0.276 e. The number of Topliss-reactive ketones (excluding diaryl/α,β-unsaturated/α-hetero) is 10. The second-order valence-corrected chi connectivity index (χ2v) is 31.9. The van der Waals surface area contributed by atoms with Crippen molar-refractivity contribution in [3.63, 3.8) is 0 Å². The largest absolute Gasteiger partial charge is 0.493 e. The number of nitro groups is 2. The summed E-state index contributed by atoms with van der Waals surface area (Å²) in [6, 6.07) is 5.50. The zero-order chi connectivity index (χ0) is 87.8. The molecule has 0 bridgehead atoms. The molecular formula is C85H129N5O28S2. The summed E-state index contributed by atoms with van der Waals surface area (Å²) in [6.45, 7) is 9.96. The highest BCUT2D eigenvalue weighted by molar-refractivity contribution is 8.00. The van der Waals surface area contributed by atoms with E-state index in [4.69, 9.17) is 56.8 Å². The van der Waals surface area contributed by atoms with Crippen molar-refractivity contribution >= 4 is 105 Å². The smallest absolute Gasteiger partial charge is 0.276 e.